The highest BCUT2D eigenvalue weighted by atomic mass is 16.5. The molecule has 0 unspecified atom stereocenters. The minimum absolute atomic E-state index is 0.587. The summed E-state index contributed by atoms with van der Waals surface area (Å²) in [6, 6.07) is 11.9. The van der Waals surface area contributed by atoms with Gasteiger partial charge in [-0.15, -0.1) is 0 Å². The number of nitrogens with zero attached hydrogens (tertiary/aromatic N) is 3. The van der Waals surface area contributed by atoms with Crippen LogP contribution in [-0.4, -0.2) is 20.1 Å². The molecule has 0 saturated carbocycles. The smallest absolute Gasteiger partial charge is 0.231 e. The Labute approximate surface area is 120 Å². The summed E-state index contributed by atoms with van der Waals surface area (Å²) >= 11 is 0. The van der Waals surface area contributed by atoms with Crippen molar-refractivity contribution in [1.29, 1.82) is 0 Å². The van der Waals surface area contributed by atoms with E-state index in [1.165, 1.54) is 0 Å². The Morgan fingerprint density at radius 1 is 1.10 bits per heavy atom. The van der Waals surface area contributed by atoms with Crippen LogP contribution in [0.4, 0.5) is 0 Å². The lowest BCUT2D eigenvalue weighted by atomic mass is 10.1. The van der Waals surface area contributed by atoms with Crippen molar-refractivity contribution in [3.05, 3.63) is 66.4 Å². The summed E-state index contributed by atoms with van der Waals surface area (Å²) in [5.74, 6) is 1.20. The third kappa shape index (κ3) is 2.18. The predicted octanol–water partition coefficient (Wildman–Crippen LogP) is 3.20. The number of hydrogen-bond acceptors (Lipinski definition) is 4. The molecule has 0 bridgehead atoms. The van der Waals surface area contributed by atoms with Crippen molar-refractivity contribution in [1.82, 2.24) is 20.1 Å². The second-order valence-corrected chi connectivity index (χ2v) is 4.79. The van der Waals surface area contributed by atoms with Gasteiger partial charge in [-0.2, -0.15) is 4.98 Å². The number of aromatic nitrogens is 4. The lowest BCUT2D eigenvalue weighted by Crippen LogP contribution is -1.89. The highest BCUT2D eigenvalue weighted by Crippen LogP contribution is 2.26. The van der Waals surface area contributed by atoms with Gasteiger partial charge in [0.05, 0.1) is 6.42 Å². The molecule has 0 aliphatic heterocycles. The van der Waals surface area contributed by atoms with Crippen LogP contribution in [-0.2, 0) is 6.42 Å². The highest BCUT2D eigenvalue weighted by molar-refractivity contribution is 5.93. The maximum atomic E-state index is 5.35. The first kappa shape index (κ1) is 11.8. The first-order chi connectivity index (χ1) is 10.4. The molecule has 0 radical (unpaired) electrons. The molecule has 3 heterocycles. The number of benzene rings is 1. The highest BCUT2D eigenvalue weighted by Gasteiger charge is 2.12. The molecular formula is C16H12N4O. The minimum Gasteiger partial charge on any atom is -0.361 e. The first-order valence-electron chi connectivity index (χ1n) is 6.68. The lowest BCUT2D eigenvalue weighted by molar-refractivity contribution is 0.385. The quantitative estimate of drug-likeness (QED) is 0.624. The molecule has 4 aromatic rings. The van der Waals surface area contributed by atoms with E-state index in [1.54, 1.807) is 12.4 Å². The van der Waals surface area contributed by atoms with Gasteiger partial charge in [0, 0.05) is 35.1 Å². The number of aromatic amines is 1. The molecule has 0 atom stereocenters. The largest absolute Gasteiger partial charge is 0.361 e. The summed E-state index contributed by atoms with van der Waals surface area (Å²) in [4.78, 5) is 11.8. The molecule has 0 fully saturated rings. The fourth-order valence-corrected chi connectivity index (χ4v) is 2.39. The molecule has 4 rings (SSSR count). The summed E-state index contributed by atoms with van der Waals surface area (Å²) in [5, 5.41) is 5.18. The van der Waals surface area contributed by atoms with Crippen LogP contribution in [0.1, 0.15) is 11.5 Å². The van der Waals surface area contributed by atoms with Crippen molar-refractivity contribution in [2.75, 3.05) is 0 Å². The van der Waals surface area contributed by atoms with Crippen LogP contribution in [0.5, 0.6) is 0 Å². The van der Waals surface area contributed by atoms with E-state index < -0.39 is 0 Å². The number of fused-ring (bicyclic) bond motifs is 1. The Morgan fingerprint density at radius 2 is 2.10 bits per heavy atom. The third-order valence-corrected chi connectivity index (χ3v) is 3.38. The summed E-state index contributed by atoms with van der Waals surface area (Å²) in [5.41, 5.74) is 3.08. The Morgan fingerprint density at radius 3 is 3.00 bits per heavy atom. The molecule has 0 aliphatic rings. The molecular weight excluding hydrogens is 264 g/mol. The van der Waals surface area contributed by atoms with E-state index >= 15 is 0 Å². The number of hydrogen-bond donors (Lipinski definition) is 1. The van der Waals surface area contributed by atoms with Gasteiger partial charge >= 0.3 is 0 Å². The second-order valence-electron chi connectivity index (χ2n) is 4.79. The van der Waals surface area contributed by atoms with Gasteiger partial charge in [0.1, 0.15) is 0 Å². The zero-order valence-corrected chi connectivity index (χ0v) is 11.2. The molecule has 0 amide bonds. The number of nitrogens with one attached hydrogen (secondary N) is 1. The van der Waals surface area contributed by atoms with Crippen molar-refractivity contribution < 1.29 is 4.52 Å². The molecule has 1 aromatic carbocycles. The van der Waals surface area contributed by atoms with Crippen molar-refractivity contribution in [2.45, 2.75) is 6.42 Å². The predicted molar refractivity (Wildman–Crippen MR) is 78.6 cm³/mol. The van der Waals surface area contributed by atoms with E-state index in [9.17, 15) is 0 Å². The Kier molecular flexibility index (Phi) is 2.74. The van der Waals surface area contributed by atoms with Crippen LogP contribution >= 0.6 is 0 Å². The first-order valence-corrected chi connectivity index (χ1v) is 6.68. The Balaban J connectivity index is 1.70. The zero-order valence-electron chi connectivity index (χ0n) is 11.2. The van der Waals surface area contributed by atoms with Gasteiger partial charge < -0.3 is 9.51 Å². The van der Waals surface area contributed by atoms with E-state index in [4.69, 9.17) is 4.52 Å². The summed E-state index contributed by atoms with van der Waals surface area (Å²) in [7, 11) is 0. The van der Waals surface area contributed by atoms with E-state index in [-0.39, 0.29) is 0 Å². The van der Waals surface area contributed by atoms with Gasteiger partial charge in [0.15, 0.2) is 0 Å². The Bertz CT molecular complexity index is 879. The molecule has 102 valence electrons. The average Bonchev–Trinajstić information content (AvgIpc) is 3.16. The monoisotopic (exact) mass is 276 g/mol. The maximum Gasteiger partial charge on any atom is 0.231 e. The van der Waals surface area contributed by atoms with Gasteiger partial charge in [0.25, 0.3) is 0 Å². The van der Waals surface area contributed by atoms with Gasteiger partial charge in [-0.25, -0.2) is 0 Å². The normalized spacial score (nSPS) is 11.0. The van der Waals surface area contributed by atoms with Crippen LogP contribution < -0.4 is 0 Å². The van der Waals surface area contributed by atoms with Gasteiger partial charge in [-0.05, 0) is 23.8 Å². The van der Waals surface area contributed by atoms with Crippen LogP contribution in [0.3, 0.4) is 0 Å². The zero-order chi connectivity index (χ0) is 14.1. The van der Waals surface area contributed by atoms with E-state index in [1.807, 2.05) is 42.6 Å². The molecule has 1 N–H and O–H groups in total. The minimum atomic E-state index is 0.587. The molecule has 5 heteroatoms. The van der Waals surface area contributed by atoms with Gasteiger partial charge in [0.2, 0.25) is 11.7 Å². The molecule has 0 spiro atoms. The number of rotatable bonds is 3. The lowest BCUT2D eigenvalue weighted by Gasteiger charge is -1.96. The number of H-pyrrole nitrogens is 1. The second kappa shape index (κ2) is 4.86. The molecule has 3 aromatic heterocycles. The SMILES string of the molecule is c1cncc(Cc2nc(-c3cccc4[nH]ccc34)no2)c1. The van der Waals surface area contributed by atoms with E-state index in [0.717, 1.165) is 22.0 Å². The fraction of sp³-hybridized carbons (Fsp3) is 0.0625. The van der Waals surface area contributed by atoms with Gasteiger partial charge in [-0.1, -0.05) is 23.4 Å². The van der Waals surface area contributed by atoms with Crippen LogP contribution in [0.15, 0.2) is 59.5 Å². The Hall–Kier alpha value is -2.95. The van der Waals surface area contributed by atoms with E-state index in [0.29, 0.717) is 18.1 Å². The average molecular weight is 276 g/mol. The van der Waals surface area contributed by atoms with Crippen molar-refractivity contribution in [3.8, 4) is 11.4 Å². The molecule has 5 nitrogen and oxygen atoms in total. The number of pyridine rings is 1. The van der Waals surface area contributed by atoms with Gasteiger partial charge in [-0.3, -0.25) is 4.98 Å². The van der Waals surface area contributed by atoms with E-state index in [2.05, 4.69) is 20.1 Å². The van der Waals surface area contributed by atoms with Crippen molar-refractivity contribution in [2.24, 2.45) is 0 Å². The summed E-state index contributed by atoms with van der Waals surface area (Å²) < 4.78 is 5.35. The fourth-order valence-electron chi connectivity index (χ4n) is 2.39. The van der Waals surface area contributed by atoms with Crippen molar-refractivity contribution >= 4 is 10.9 Å². The summed E-state index contributed by atoms with van der Waals surface area (Å²) in [6.45, 7) is 0. The van der Waals surface area contributed by atoms with Crippen LogP contribution in [0, 0.1) is 0 Å². The standard InChI is InChI=1S/C16H12N4O/c1-4-13(12-6-8-18-14(12)5-1)16-19-15(21-20-16)9-11-3-2-7-17-10-11/h1-8,10,18H,9H2. The molecule has 0 saturated heterocycles. The third-order valence-electron chi connectivity index (χ3n) is 3.38. The van der Waals surface area contributed by atoms with Crippen LogP contribution in [0.25, 0.3) is 22.3 Å². The van der Waals surface area contributed by atoms with Crippen LogP contribution in [0.2, 0.25) is 0 Å². The van der Waals surface area contributed by atoms with Crippen molar-refractivity contribution in [3.63, 3.8) is 0 Å². The summed E-state index contributed by atoms with van der Waals surface area (Å²) in [6.07, 6.45) is 6.04. The molecule has 0 aliphatic carbocycles. The molecule has 21 heavy (non-hydrogen) atoms. The maximum absolute atomic E-state index is 5.35. The topological polar surface area (TPSA) is 67.6 Å².